The van der Waals surface area contributed by atoms with E-state index in [9.17, 15) is 9.50 Å². The van der Waals surface area contributed by atoms with Crippen LogP contribution in [0, 0.1) is 12.7 Å². The SMILES string of the molecule is CCNC(=NCc1ccc(N2CCC(O)CC2)c(F)c1)N(C)Cc1ccccc1C. The molecule has 0 spiro atoms. The van der Waals surface area contributed by atoms with E-state index in [0.29, 0.717) is 38.2 Å². The van der Waals surface area contributed by atoms with E-state index in [1.807, 2.05) is 43.1 Å². The van der Waals surface area contributed by atoms with E-state index in [1.165, 1.54) is 11.1 Å². The highest BCUT2D eigenvalue weighted by molar-refractivity contribution is 5.79. The largest absolute Gasteiger partial charge is 0.393 e. The van der Waals surface area contributed by atoms with Crippen molar-refractivity contribution in [2.75, 3.05) is 31.6 Å². The van der Waals surface area contributed by atoms with Crippen LogP contribution < -0.4 is 10.2 Å². The fourth-order valence-corrected chi connectivity index (χ4v) is 3.77. The molecule has 0 bridgehead atoms. The van der Waals surface area contributed by atoms with Gasteiger partial charge < -0.3 is 20.2 Å². The lowest BCUT2D eigenvalue weighted by atomic mass is 10.1. The zero-order chi connectivity index (χ0) is 21.5. The van der Waals surface area contributed by atoms with Crippen LogP contribution >= 0.6 is 0 Å². The molecule has 2 N–H and O–H groups in total. The summed E-state index contributed by atoms with van der Waals surface area (Å²) in [6, 6.07) is 13.7. The number of aliphatic imine (C=N–C) groups is 1. The highest BCUT2D eigenvalue weighted by atomic mass is 19.1. The van der Waals surface area contributed by atoms with Gasteiger partial charge in [0.25, 0.3) is 0 Å². The summed E-state index contributed by atoms with van der Waals surface area (Å²) in [6.07, 6.45) is 1.11. The Morgan fingerprint density at radius 2 is 1.97 bits per heavy atom. The van der Waals surface area contributed by atoms with Gasteiger partial charge in [-0.2, -0.15) is 0 Å². The lowest BCUT2D eigenvalue weighted by Gasteiger charge is -2.31. The first-order valence-corrected chi connectivity index (χ1v) is 10.7. The molecule has 1 heterocycles. The van der Waals surface area contributed by atoms with Gasteiger partial charge >= 0.3 is 0 Å². The van der Waals surface area contributed by atoms with Crippen LogP contribution in [-0.4, -0.2) is 48.8 Å². The highest BCUT2D eigenvalue weighted by Gasteiger charge is 2.19. The highest BCUT2D eigenvalue weighted by Crippen LogP contribution is 2.24. The molecule has 5 nitrogen and oxygen atoms in total. The maximum absolute atomic E-state index is 14.7. The number of aryl methyl sites for hydroxylation is 1. The summed E-state index contributed by atoms with van der Waals surface area (Å²) < 4.78 is 14.7. The molecule has 162 valence electrons. The van der Waals surface area contributed by atoms with Crippen molar-refractivity contribution in [2.45, 2.75) is 45.9 Å². The molecular formula is C24H33FN4O. The van der Waals surface area contributed by atoms with E-state index < -0.39 is 0 Å². The van der Waals surface area contributed by atoms with Gasteiger partial charge in [0.2, 0.25) is 0 Å². The normalized spacial score (nSPS) is 15.4. The van der Waals surface area contributed by atoms with Crippen LogP contribution in [0.2, 0.25) is 0 Å². The third kappa shape index (κ3) is 5.72. The van der Waals surface area contributed by atoms with Gasteiger partial charge in [0, 0.05) is 33.2 Å². The van der Waals surface area contributed by atoms with Gasteiger partial charge in [0.1, 0.15) is 5.82 Å². The Bertz CT molecular complexity index is 862. The Morgan fingerprint density at radius 1 is 1.23 bits per heavy atom. The molecule has 0 saturated carbocycles. The predicted molar refractivity (Wildman–Crippen MR) is 121 cm³/mol. The number of aliphatic hydroxyl groups is 1. The van der Waals surface area contributed by atoms with Gasteiger partial charge in [-0.1, -0.05) is 30.3 Å². The molecule has 0 unspecified atom stereocenters. The minimum absolute atomic E-state index is 0.225. The first kappa shape index (κ1) is 22.1. The second-order valence-corrected chi connectivity index (χ2v) is 7.96. The number of nitrogens with one attached hydrogen (secondary N) is 1. The van der Waals surface area contributed by atoms with E-state index in [-0.39, 0.29) is 11.9 Å². The fourth-order valence-electron chi connectivity index (χ4n) is 3.77. The van der Waals surface area contributed by atoms with Crippen LogP contribution in [0.1, 0.15) is 36.5 Å². The van der Waals surface area contributed by atoms with Gasteiger partial charge in [0.15, 0.2) is 5.96 Å². The minimum Gasteiger partial charge on any atom is -0.393 e. The van der Waals surface area contributed by atoms with Crippen molar-refractivity contribution >= 4 is 11.6 Å². The van der Waals surface area contributed by atoms with Crippen LogP contribution in [0.15, 0.2) is 47.5 Å². The third-order valence-electron chi connectivity index (χ3n) is 5.59. The molecule has 0 aliphatic carbocycles. The number of guanidine groups is 1. The second kappa shape index (κ2) is 10.4. The van der Waals surface area contributed by atoms with E-state index >= 15 is 0 Å². The van der Waals surface area contributed by atoms with Crippen molar-refractivity contribution in [2.24, 2.45) is 4.99 Å². The lowest BCUT2D eigenvalue weighted by molar-refractivity contribution is 0.145. The number of nitrogens with zero attached hydrogens (tertiary/aromatic N) is 3. The summed E-state index contributed by atoms with van der Waals surface area (Å²) in [6.45, 7) is 7.46. The fraction of sp³-hybridized carbons (Fsp3) is 0.458. The van der Waals surface area contributed by atoms with Crippen molar-refractivity contribution in [3.63, 3.8) is 0 Å². The molecule has 30 heavy (non-hydrogen) atoms. The monoisotopic (exact) mass is 412 g/mol. The van der Waals surface area contributed by atoms with Gasteiger partial charge in [-0.05, 0) is 55.5 Å². The van der Waals surface area contributed by atoms with Crippen LogP contribution in [0.5, 0.6) is 0 Å². The van der Waals surface area contributed by atoms with Crippen LogP contribution in [-0.2, 0) is 13.1 Å². The van der Waals surface area contributed by atoms with Crippen LogP contribution in [0.25, 0.3) is 0 Å². The number of aliphatic hydroxyl groups excluding tert-OH is 1. The first-order chi connectivity index (χ1) is 14.5. The third-order valence-corrected chi connectivity index (χ3v) is 5.59. The zero-order valence-electron chi connectivity index (χ0n) is 18.2. The topological polar surface area (TPSA) is 51.1 Å². The average molecular weight is 413 g/mol. The molecule has 6 heteroatoms. The van der Waals surface area contributed by atoms with Crippen LogP contribution in [0.4, 0.5) is 10.1 Å². The molecule has 2 aromatic rings. The molecule has 1 saturated heterocycles. The molecule has 2 aromatic carbocycles. The number of rotatable bonds is 6. The standard InChI is InChI=1S/C24H33FN4O/c1-4-26-24(28(3)17-20-8-6-5-7-18(20)2)27-16-19-9-10-23(22(25)15-19)29-13-11-21(30)12-14-29/h5-10,15,21,30H,4,11-14,16-17H2,1-3H3,(H,26,27). The van der Waals surface area contributed by atoms with Gasteiger partial charge in [-0.25, -0.2) is 9.38 Å². The Balaban J connectivity index is 1.68. The molecule has 0 radical (unpaired) electrons. The quantitative estimate of drug-likeness (QED) is 0.561. The number of hydrogen-bond acceptors (Lipinski definition) is 3. The average Bonchev–Trinajstić information content (AvgIpc) is 2.73. The van der Waals surface area contributed by atoms with Crippen LogP contribution in [0.3, 0.4) is 0 Å². The van der Waals surface area contributed by atoms with Gasteiger partial charge in [-0.3, -0.25) is 0 Å². The summed E-state index contributed by atoms with van der Waals surface area (Å²) in [5, 5.41) is 13.0. The minimum atomic E-state index is -0.265. The summed E-state index contributed by atoms with van der Waals surface area (Å²) in [5.74, 6) is 0.576. The molecule has 0 amide bonds. The maximum atomic E-state index is 14.7. The molecule has 1 fully saturated rings. The molecule has 0 aromatic heterocycles. The van der Waals surface area contributed by atoms with Crippen molar-refractivity contribution in [3.05, 3.63) is 65.0 Å². The lowest BCUT2D eigenvalue weighted by Crippen LogP contribution is -2.38. The first-order valence-electron chi connectivity index (χ1n) is 10.7. The van der Waals surface area contributed by atoms with E-state index in [1.54, 1.807) is 6.07 Å². The van der Waals surface area contributed by atoms with E-state index in [4.69, 9.17) is 4.99 Å². The summed E-state index contributed by atoms with van der Waals surface area (Å²) in [5.41, 5.74) is 3.96. The molecule has 1 aliphatic rings. The summed E-state index contributed by atoms with van der Waals surface area (Å²) >= 11 is 0. The van der Waals surface area contributed by atoms with Gasteiger partial charge in [0.05, 0.1) is 18.3 Å². The van der Waals surface area contributed by atoms with Crippen molar-refractivity contribution in [1.29, 1.82) is 0 Å². The molecule has 3 rings (SSSR count). The maximum Gasteiger partial charge on any atom is 0.194 e. The molecule has 0 atom stereocenters. The number of piperidine rings is 1. The number of anilines is 1. The number of halogens is 1. The molecule has 1 aliphatic heterocycles. The number of hydrogen-bond donors (Lipinski definition) is 2. The second-order valence-electron chi connectivity index (χ2n) is 7.96. The van der Waals surface area contributed by atoms with Crippen molar-refractivity contribution in [1.82, 2.24) is 10.2 Å². The summed E-state index contributed by atoms with van der Waals surface area (Å²) in [4.78, 5) is 8.82. The van der Waals surface area contributed by atoms with Crippen molar-refractivity contribution < 1.29 is 9.50 Å². The zero-order valence-corrected chi connectivity index (χ0v) is 18.2. The van der Waals surface area contributed by atoms with E-state index in [2.05, 4.69) is 29.3 Å². The van der Waals surface area contributed by atoms with Gasteiger partial charge in [-0.15, -0.1) is 0 Å². The Labute approximate surface area is 179 Å². The Hall–Kier alpha value is -2.60. The summed E-state index contributed by atoms with van der Waals surface area (Å²) in [7, 11) is 2.02. The predicted octanol–water partition coefficient (Wildman–Crippen LogP) is 3.69. The van der Waals surface area contributed by atoms with Crippen molar-refractivity contribution in [3.8, 4) is 0 Å². The molecular weight excluding hydrogens is 379 g/mol. The number of benzene rings is 2. The smallest absolute Gasteiger partial charge is 0.194 e. The Morgan fingerprint density at radius 3 is 2.63 bits per heavy atom. The van der Waals surface area contributed by atoms with E-state index in [0.717, 1.165) is 24.6 Å². The Kier molecular flexibility index (Phi) is 7.69.